The van der Waals surface area contributed by atoms with Gasteiger partial charge in [0.25, 0.3) is 6.43 Å². The Bertz CT molecular complexity index is 401. The van der Waals surface area contributed by atoms with E-state index in [-0.39, 0.29) is 24.1 Å². The number of alkyl carbamates (subject to hydrolysis) is 1. The highest BCUT2D eigenvalue weighted by Crippen LogP contribution is 2.38. The number of alkyl halides is 2. The molecule has 2 N–H and O–H groups in total. The molecule has 128 valence electrons. The first-order chi connectivity index (χ1) is 10.2. The van der Waals surface area contributed by atoms with Crippen molar-refractivity contribution in [3.8, 4) is 0 Å². The molecule has 5 atom stereocenters. The van der Waals surface area contributed by atoms with Gasteiger partial charge in [-0.05, 0) is 40.5 Å². The van der Waals surface area contributed by atoms with Crippen molar-refractivity contribution in [2.45, 2.75) is 76.8 Å². The van der Waals surface area contributed by atoms with Gasteiger partial charge in [-0.15, -0.1) is 0 Å². The summed E-state index contributed by atoms with van der Waals surface area (Å²) in [7, 11) is 0. The van der Waals surface area contributed by atoms with Crippen LogP contribution in [-0.2, 0) is 9.47 Å². The van der Waals surface area contributed by atoms with E-state index in [0.717, 1.165) is 12.8 Å². The zero-order valence-corrected chi connectivity index (χ0v) is 13.6. The molecule has 2 fully saturated rings. The third kappa shape index (κ3) is 4.07. The smallest absolute Gasteiger partial charge is 0.407 e. The fourth-order valence-electron chi connectivity index (χ4n) is 3.12. The average molecular weight is 320 g/mol. The highest BCUT2D eigenvalue weighted by molar-refractivity contribution is 5.68. The van der Waals surface area contributed by atoms with Crippen molar-refractivity contribution in [2.75, 3.05) is 6.61 Å². The second kappa shape index (κ2) is 6.66. The Kier molecular flexibility index (Phi) is 5.27. The van der Waals surface area contributed by atoms with Gasteiger partial charge in [-0.2, -0.15) is 0 Å². The molecule has 0 aromatic heterocycles. The van der Waals surface area contributed by atoms with Gasteiger partial charge >= 0.3 is 6.09 Å². The summed E-state index contributed by atoms with van der Waals surface area (Å²) in [6, 6.07) is -1.48. The lowest BCUT2D eigenvalue weighted by atomic mass is 9.68. The largest absolute Gasteiger partial charge is 0.444 e. The van der Waals surface area contributed by atoms with Crippen LogP contribution in [0.5, 0.6) is 0 Å². The second-order valence-corrected chi connectivity index (χ2v) is 7.13. The van der Waals surface area contributed by atoms with Crippen LogP contribution in [0.15, 0.2) is 0 Å². The zero-order chi connectivity index (χ0) is 16.5. The first-order valence-corrected chi connectivity index (χ1v) is 7.84. The Hall–Kier alpha value is -0.950. The van der Waals surface area contributed by atoms with Crippen LogP contribution in [0.1, 0.15) is 40.5 Å². The molecule has 5 nitrogen and oxygen atoms in total. The van der Waals surface area contributed by atoms with Crippen molar-refractivity contribution < 1.29 is 23.0 Å². The highest BCUT2D eigenvalue weighted by Gasteiger charge is 2.53. The minimum atomic E-state index is -2.45. The van der Waals surface area contributed by atoms with E-state index < -0.39 is 24.2 Å². The minimum Gasteiger partial charge on any atom is -0.444 e. The van der Waals surface area contributed by atoms with E-state index in [4.69, 9.17) is 9.47 Å². The number of nitrogens with one attached hydrogen (secondary N) is 2. The van der Waals surface area contributed by atoms with Gasteiger partial charge in [0.05, 0.1) is 24.2 Å². The van der Waals surface area contributed by atoms with Crippen molar-refractivity contribution in [3.05, 3.63) is 0 Å². The normalized spacial score (nSPS) is 32.9. The summed E-state index contributed by atoms with van der Waals surface area (Å²) in [4.78, 5) is 12.0. The molecule has 1 aliphatic heterocycles. The van der Waals surface area contributed by atoms with Crippen molar-refractivity contribution in [2.24, 2.45) is 5.92 Å². The van der Waals surface area contributed by atoms with E-state index in [1.165, 1.54) is 6.92 Å². The predicted octanol–water partition coefficient (Wildman–Crippen LogP) is 2.30. The van der Waals surface area contributed by atoms with Crippen LogP contribution in [0.2, 0.25) is 0 Å². The number of fused-ring (bicyclic) bond motifs is 1. The van der Waals surface area contributed by atoms with Crippen LogP contribution in [0, 0.1) is 5.92 Å². The van der Waals surface area contributed by atoms with Crippen molar-refractivity contribution >= 4 is 6.09 Å². The summed E-state index contributed by atoms with van der Waals surface area (Å²) in [5, 5.41) is 5.71. The maximum atomic E-state index is 12.8. The summed E-state index contributed by atoms with van der Waals surface area (Å²) in [6.45, 7) is 7.43. The standard InChI is InChI=1S/C15H26F2N2O3/c1-8(13(16)17)18-11-10(9-6-5-7-21-12(9)11)19-14(20)22-15(2,3)4/h8-13,18H,5-7H2,1-4H3,(H,19,20). The fourth-order valence-corrected chi connectivity index (χ4v) is 3.12. The van der Waals surface area contributed by atoms with Crippen LogP contribution < -0.4 is 10.6 Å². The quantitative estimate of drug-likeness (QED) is 0.834. The Labute approximate surface area is 130 Å². The molecule has 1 saturated carbocycles. The maximum absolute atomic E-state index is 12.8. The van der Waals surface area contributed by atoms with Gasteiger partial charge in [-0.25, -0.2) is 13.6 Å². The number of hydrogen-bond donors (Lipinski definition) is 2. The molecule has 1 heterocycles. The maximum Gasteiger partial charge on any atom is 0.407 e. The molecule has 5 unspecified atom stereocenters. The van der Waals surface area contributed by atoms with Crippen molar-refractivity contribution in [3.63, 3.8) is 0 Å². The summed E-state index contributed by atoms with van der Waals surface area (Å²) in [6.07, 6.45) is -1.24. The number of ether oxygens (including phenoxy) is 2. The van der Waals surface area contributed by atoms with E-state index >= 15 is 0 Å². The number of halogens is 2. The fraction of sp³-hybridized carbons (Fsp3) is 0.933. The number of carbonyl (C=O) groups is 1. The second-order valence-electron chi connectivity index (χ2n) is 7.13. The molecular formula is C15H26F2N2O3. The summed E-state index contributed by atoms with van der Waals surface area (Å²) in [5.41, 5.74) is -0.588. The van der Waals surface area contributed by atoms with Crippen molar-refractivity contribution in [1.29, 1.82) is 0 Å². The predicted molar refractivity (Wildman–Crippen MR) is 78.0 cm³/mol. The van der Waals surface area contributed by atoms with Gasteiger partial charge in [0.1, 0.15) is 5.60 Å². The van der Waals surface area contributed by atoms with E-state index in [9.17, 15) is 13.6 Å². The summed E-state index contributed by atoms with van der Waals surface area (Å²) < 4.78 is 36.5. The van der Waals surface area contributed by atoms with E-state index in [1.807, 2.05) is 0 Å². The zero-order valence-electron chi connectivity index (χ0n) is 13.6. The number of carbonyl (C=O) groups excluding carboxylic acids is 1. The average Bonchev–Trinajstić information content (AvgIpc) is 2.40. The lowest BCUT2D eigenvalue weighted by molar-refractivity contribution is -0.133. The van der Waals surface area contributed by atoms with Crippen LogP contribution in [0.3, 0.4) is 0 Å². The third-order valence-corrected chi connectivity index (χ3v) is 4.13. The molecule has 1 amide bonds. The van der Waals surface area contributed by atoms with Crippen LogP contribution in [0.4, 0.5) is 13.6 Å². The molecule has 0 spiro atoms. The van der Waals surface area contributed by atoms with E-state index in [0.29, 0.717) is 6.61 Å². The lowest BCUT2D eigenvalue weighted by Gasteiger charge is -2.54. The molecule has 7 heteroatoms. The molecule has 2 rings (SSSR count). The molecule has 0 bridgehead atoms. The topological polar surface area (TPSA) is 59.6 Å². The first-order valence-electron chi connectivity index (χ1n) is 7.84. The summed E-state index contributed by atoms with van der Waals surface area (Å²) in [5.74, 6) is 0.156. The Morgan fingerprint density at radius 2 is 2.00 bits per heavy atom. The van der Waals surface area contributed by atoms with Gasteiger partial charge in [0.15, 0.2) is 0 Å². The van der Waals surface area contributed by atoms with Gasteiger partial charge < -0.3 is 20.1 Å². The molecule has 22 heavy (non-hydrogen) atoms. The van der Waals surface area contributed by atoms with Crippen molar-refractivity contribution in [1.82, 2.24) is 10.6 Å². The van der Waals surface area contributed by atoms with Gasteiger partial charge in [-0.1, -0.05) is 0 Å². The van der Waals surface area contributed by atoms with Crippen LogP contribution in [-0.4, -0.2) is 49.0 Å². The highest BCUT2D eigenvalue weighted by atomic mass is 19.3. The van der Waals surface area contributed by atoms with Crippen LogP contribution >= 0.6 is 0 Å². The first kappa shape index (κ1) is 17.4. The number of hydrogen-bond acceptors (Lipinski definition) is 4. The third-order valence-electron chi connectivity index (χ3n) is 4.13. The molecule has 0 radical (unpaired) electrons. The molecule has 1 saturated heterocycles. The van der Waals surface area contributed by atoms with Crippen LogP contribution in [0.25, 0.3) is 0 Å². The van der Waals surface area contributed by atoms with Gasteiger partial charge in [-0.3, -0.25) is 0 Å². The molecule has 2 aliphatic rings. The lowest BCUT2D eigenvalue weighted by Crippen LogP contribution is -2.74. The molecule has 0 aromatic rings. The molecule has 1 aliphatic carbocycles. The Balaban J connectivity index is 1.97. The van der Waals surface area contributed by atoms with Gasteiger partial charge in [0, 0.05) is 12.5 Å². The van der Waals surface area contributed by atoms with Gasteiger partial charge in [0.2, 0.25) is 0 Å². The monoisotopic (exact) mass is 320 g/mol. The molecular weight excluding hydrogens is 294 g/mol. The SMILES string of the molecule is CC(NC1C(NC(=O)OC(C)(C)C)C2CCCOC21)C(F)F. The Morgan fingerprint density at radius 1 is 1.32 bits per heavy atom. The Morgan fingerprint density at radius 3 is 2.59 bits per heavy atom. The summed E-state index contributed by atoms with van der Waals surface area (Å²) >= 11 is 0. The van der Waals surface area contributed by atoms with E-state index in [2.05, 4.69) is 10.6 Å². The minimum absolute atomic E-state index is 0.116. The van der Waals surface area contributed by atoms with E-state index in [1.54, 1.807) is 20.8 Å². The molecule has 0 aromatic carbocycles. The number of amides is 1. The number of rotatable bonds is 4.